The summed E-state index contributed by atoms with van der Waals surface area (Å²) in [6, 6.07) is 17.4. The Morgan fingerprint density at radius 1 is 1.03 bits per heavy atom. The van der Waals surface area contributed by atoms with Crippen LogP contribution in [0.15, 0.2) is 70.2 Å². The summed E-state index contributed by atoms with van der Waals surface area (Å²) in [4.78, 5) is 24.4. The molecule has 0 heterocycles. The van der Waals surface area contributed by atoms with E-state index in [2.05, 4.69) is 31.8 Å². The van der Waals surface area contributed by atoms with Gasteiger partial charge in [0.05, 0.1) is 12.8 Å². The maximum atomic E-state index is 12.3. The zero-order chi connectivity index (χ0) is 24.5. The van der Waals surface area contributed by atoms with Gasteiger partial charge in [0.1, 0.15) is 0 Å². The third-order valence-corrected chi connectivity index (χ3v) is 5.50. The number of aryl methyl sites for hydroxylation is 1. The van der Waals surface area contributed by atoms with Crippen LogP contribution in [0.4, 0.5) is 5.69 Å². The van der Waals surface area contributed by atoms with E-state index in [4.69, 9.17) is 21.1 Å². The minimum Gasteiger partial charge on any atom is -0.490 e. The van der Waals surface area contributed by atoms with Crippen LogP contribution in [0.1, 0.15) is 28.4 Å². The summed E-state index contributed by atoms with van der Waals surface area (Å²) in [6.07, 6.45) is 1.50. The minimum absolute atomic E-state index is 0.206. The van der Waals surface area contributed by atoms with Crippen LogP contribution in [0.2, 0.25) is 5.02 Å². The SMILES string of the molecule is CCOc1cc(/C=N/NC(=O)c2ccc(Br)cc2)ccc1OCC(=O)Nc1ccc(C)c(Cl)c1. The van der Waals surface area contributed by atoms with E-state index < -0.39 is 0 Å². The highest BCUT2D eigenvalue weighted by Crippen LogP contribution is 2.28. The smallest absolute Gasteiger partial charge is 0.271 e. The molecule has 0 aliphatic rings. The van der Waals surface area contributed by atoms with Crippen LogP contribution in [-0.4, -0.2) is 31.2 Å². The lowest BCUT2D eigenvalue weighted by molar-refractivity contribution is -0.118. The molecule has 0 atom stereocenters. The summed E-state index contributed by atoms with van der Waals surface area (Å²) in [5.41, 5.74) is 5.17. The van der Waals surface area contributed by atoms with Gasteiger partial charge in [-0.05, 0) is 79.6 Å². The van der Waals surface area contributed by atoms with E-state index in [-0.39, 0.29) is 18.4 Å². The van der Waals surface area contributed by atoms with E-state index in [1.165, 1.54) is 6.21 Å². The average molecular weight is 545 g/mol. The molecule has 0 radical (unpaired) electrons. The van der Waals surface area contributed by atoms with Gasteiger partial charge < -0.3 is 14.8 Å². The summed E-state index contributed by atoms with van der Waals surface area (Å²) in [7, 11) is 0. The van der Waals surface area contributed by atoms with Crippen molar-refractivity contribution in [3.63, 3.8) is 0 Å². The van der Waals surface area contributed by atoms with Crippen LogP contribution >= 0.6 is 27.5 Å². The van der Waals surface area contributed by atoms with E-state index >= 15 is 0 Å². The fourth-order valence-corrected chi connectivity index (χ4v) is 3.28. The first-order chi connectivity index (χ1) is 16.4. The number of hydrogen-bond donors (Lipinski definition) is 2. The van der Waals surface area contributed by atoms with Gasteiger partial charge in [-0.1, -0.05) is 33.6 Å². The molecule has 7 nitrogen and oxygen atoms in total. The van der Waals surface area contributed by atoms with E-state index in [1.54, 1.807) is 54.6 Å². The Balaban J connectivity index is 1.59. The largest absolute Gasteiger partial charge is 0.490 e. The van der Waals surface area contributed by atoms with Gasteiger partial charge in [-0.15, -0.1) is 0 Å². The van der Waals surface area contributed by atoms with Crippen molar-refractivity contribution in [3.05, 3.63) is 86.8 Å². The van der Waals surface area contributed by atoms with Crippen LogP contribution in [-0.2, 0) is 4.79 Å². The normalized spacial score (nSPS) is 10.7. The van der Waals surface area contributed by atoms with Crippen molar-refractivity contribution < 1.29 is 19.1 Å². The molecule has 176 valence electrons. The number of nitrogens with zero attached hydrogens (tertiary/aromatic N) is 1. The standard InChI is InChI=1S/C25H23BrClN3O4/c1-3-33-23-12-17(14-28-30-25(32)18-6-8-19(26)9-7-18)5-11-22(23)34-15-24(31)29-20-10-4-16(2)21(27)13-20/h4-14H,3,15H2,1-2H3,(H,29,31)(H,30,32)/b28-14+. The molecule has 0 aromatic heterocycles. The van der Waals surface area contributed by atoms with Crippen molar-refractivity contribution in [2.24, 2.45) is 5.10 Å². The highest BCUT2D eigenvalue weighted by atomic mass is 79.9. The first-order valence-corrected chi connectivity index (χ1v) is 11.6. The maximum absolute atomic E-state index is 12.3. The second-order valence-corrected chi connectivity index (χ2v) is 8.47. The predicted octanol–water partition coefficient (Wildman–Crippen LogP) is 5.59. The summed E-state index contributed by atoms with van der Waals surface area (Å²) >= 11 is 9.43. The van der Waals surface area contributed by atoms with Crippen molar-refractivity contribution in [3.8, 4) is 11.5 Å². The number of rotatable bonds is 9. The lowest BCUT2D eigenvalue weighted by Crippen LogP contribution is -2.20. The van der Waals surface area contributed by atoms with Gasteiger partial charge in [0.25, 0.3) is 11.8 Å². The lowest BCUT2D eigenvalue weighted by atomic mass is 10.2. The summed E-state index contributed by atoms with van der Waals surface area (Å²) < 4.78 is 12.2. The molecular formula is C25H23BrClN3O4. The van der Waals surface area contributed by atoms with Gasteiger partial charge in [0, 0.05) is 20.7 Å². The molecule has 0 saturated heterocycles. The third-order valence-electron chi connectivity index (χ3n) is 4.57. The van der Waals surface area contributed by atoms with Crippen LogP contribution < -0.4 is 20.2 Å². The molecule has 3 aromatic rings. The Kier molecular flexibility index (Phi) is 9.07. The number of carbonyl (C=O) groups excluding carboxylic acids is 2. The molecule has 0 fully saturated rings. The highest BCUT2D eigenvalue weighted by Gasteiger charge is 2.10. The summed E-state index contributed by atoms with van der Waals surface area (Å²) in [6.45, 7) is 3.93. The summed E-state index contributed by atoms with van der Waals surface area (Å²) in [5.74, 6) is 0.213. The number of ether oxygens (including phenoxy) is 2. The molecule has 34 heavy (non-hydrogen) atoms. The number of anilines is 1. The molecular weight excluding hydrogens is 522 g/mol. The van der Waals surface area contributed by atoms with Gasteiger partial charge in [0.15, 0.2) is 18.1 Å². The number of hydrazone groups is 1. The molecule has 3 aromatic carbocycles. The van der Waals surface area contributed by atoms with E-state index in [0.717, 1.165) is 10.0 Å². The fraction of sp³-hybridized carbons (Fsp3) is 0.160. The second-order valence-electron chi connectivity index (χ2n) is 7.15. The van der Waals surface area contributed by atoms with Crippen molar-refractivity contribution in [1.82, 2.24) is 5.43 Å². The summed E-state index contributed by atoms with van der Waals surface area (Å²) in [5, 5.41) is 7.31. The molecule has 9 heteroatoms. The number of nitrogens with one attached hydrogen (secondary N) is 2. The van der Waals surface area contributed by atoms with Crippen molar-refractivity contribution in [2.75, 3.05) is 18.5 Å². The Bertz CT molecular complexity index is 1200. The molecule has 3 rings (SSSR count). The van der Waals surface area contributed by atoms with Gasteiger partial charge in [-0.25, -0.2) is 5.43 Å². The van der Waals surface area contributed by atoms with E-state index in [0.29, 0.717) is 39.9 Å². The van der Waals surface area contributed by atoms with Crippen molar-refractivity contribution in [1.29, 1.82) is 0 Å². The number of amides is 2. The van der Waals surface area contributed by atoms with Gasteiger partial charge in [-0.3, -0.25) is 9.59 Å². The minimum atomic E-state index is -0.330. The Morgan fingerprint density at radius 2 is 1.79 bits per heavy atom. The van der Waals surface area contributed by atoms with E-state index in [1.807, 2.05) is 19.9 Å². The van der Waals surface area contributed by atoms with Crippen LogP contribution in [0.3, 0.4) is 0 Å². The predicted molar refractivity (Wildman–Crippen MR) is 137 cm³/mol. The molecule has 0 aliphatic heterocycles. The fourth-order valence-electron chi connectivity index (χ4n) is 2.83. The monoisotopic (exact) mass is 543 g/mol. The average Bonchev–Trinajstić information content (AvgIpc) is 2.81. The van der Waals surface area contributed by atoms with Gasteiger partial charge >= 0.3 is 0 Å². The number of benzene rings is 3. The zero-order valence-corrected chi connectivity index (χ0v) is 20.9. The molecule has 0 unspecified atom stereocenters. The number of halogens is 2. The molecule has 2 amide bonds. The Labute approximate surface area is 211 Å². The topological polar surface area (TPSA) is 89.0 Å². The molecule has 2 N–H and O–H groups in total. The first-order valence-electron chi connectivity index (χ1n) is 10.4. The zero-order valence-electron chi connectivity index (χ0n) is 18.6. The van der Waals surface area contributed by atoms with Gasteiger partial charge in [0.2, 0.25) is 0 Å². The van der Waals surface area contributed by atoms with E-state index in [9.17, 15) is 9.59 Å². The molecule has 0 saturated carbocycles. The molecule has 0 spiro atoms. The maximum Gasteiger partial charge on any atom is 0.271 e. The van der Waals surface area contributed by atoms with Gasteiger partial charge in [-0.2, -0.15) is 5.10 Å². The Morgan fingerprint density at radius 3 is 2.50 bits per heavy atom. The first kappa shape index (κ1) is 25.3. The number of carbonyl (C=O) groups is 2. The quantitative estimate of drug-likeness (QED) is 0.271. The molecule has 0 bridgehead atoms. The van der Waals surface area contributed by atoms with Crippen LogP contribution in [0, 0.1) is 6.92 Å². The lowest BCUT2D eigenvalue weighted by Gasteiger charge is -2.13. The Hall–Kier alpha value is -3.36. The number of hydrogen-bond acceptors (Lipinski definition) is 5. The van der Waals surface area contributed by atoms with Crippen molar-refractivity contribution >= 4 is 51.2 Å². The second kappa shape index (κ2) is 12.2. The van der Waals surface area contributed by atoms with Crippen molar-refractivity contribution in [2.45, 2.75) is 13.8 Å². The van der Waals surface area contributed by atoms with Crippen LogP contribution in [0.25, 0.3) is 0 Å². The van der Waals surface area contributed by atoms with Crippen LogP contribution in [0.5, 0.6) is 11.5 Å². The molecule has 0 aliphatic carbocycles. The highest BCUT2D eigenvalue weighted by molar-refractivity contribution is 9.10. The third kappa shape index (κ3) is 7.33.